The van der Waals surface area contributed by atoms with E-state index in [-0.39, 0.29) is 24.9 Å². The van der Waals surface area contributed by atoms with Gasteiger partial charge in [0.1, 0.15) is 11.5 Å². The van der Waals surface area contributed by atoms with Crippen LogP contribution in [0.1, 0.15) is 29.2 Å². The van der Waals surface area contributed by atoms with Crippen molar-refractivity contribution in [2.45, 2.75) is 26.4 Å². The average Bonchev–Trinajstić information content (AvgIpc) is 2.64. The summed E-state index contributed by atoms with van der Waals surface area (Å²) in [6.45, 7) is 6.69. The van der Waals surface area contributed by atoms with Crippen LogP contribution in [0.4, 0.5) is 0 Å². The van der Waals surface area contributed by atoms with Crippen LogP contribution in [0.25, 0.3) is 0 Å². The number of halogens is 1. The van der Waals surface area contributed by atoms with E-state index in [0.29, 0.717) is 19.7 Å². The number of ether oxygens (including phenoxy) is 2. The van der Waals surface area contributed by atoms with Crippen molar-refractivity contribution in [3.63, 3.8) is 0 Å². The van der Waals surface area contributed by atoms with Gasteiger partial charge in [-0.25, -0.2) is 0 Å². The number of benzene rings is 2. The summed E-state index contributed by atoms with van der Waals surface area (Å²) in [5.41, 5.74) is 3.25. The molecule has 27 heavy (non-hydrogen) atoms. The highest BCUT2D eigenvalue weighted by molar-refractivity contribution is 5.85. The molecule has 146 valence electrons. The molecule has 1 N–H and O–H groups in total. The quantitative estimate of drug-likeness (QED) is 0.792. The third-order valence-electron chi connectivity index (χ3n) is 4.65. The van der Waals surface area contributed by atoms with Gasteiger partial charge in [-0.2, -0.15) is 0 Å². The number of carboxylic acids is 1. The van der Waals surface area contributed by atoms with Crippen molar-refractivity contribution in [2.24, 2.45) is 0 Å². The molecule has 0 spiro atoms. The minimum Gasteiger partial charge on any atom is -0.481 e. The second kappa shape index (κ2) is 9.74. The summed E-state index contributed by atoms with van der Waals surface area (Å²) >= 11 is 0. The molecule has 2 aromatic rings. The van der Waals surface area contributed by atoms with E-state index in [2.05, 4.69) is 4.90 Å². The molecule has 2 aromatic carbocycles. The largest absolute Gasteiger partial charge is 0.481 e. The molecular weight excluding hydrogens is 366 g/mol. The molecule has 1 unspecified atom stereocenters. The van der Waals surface area contributed by atoms with Crippen LogP contribution in [0.2, 0.25) is 0 Å². The number of rotatable bonds is 6. The van der Waals surface area contributed by atoms with E-state index < -0.39 is 5.97 Å². The highest BCUT2D eigenvalue weighted by Crippen LogP contribution is 2.31. The van der Waals surface area contributed by atoms with Gasteiger partial charge < -0.3 is 14.6 Å². The Bertz CT molecular complexity index is 760. The number of para-hydroxylation sites is 1. The Labute approximate surface area is 166 Å². The lowest BCUT2D eigenvalue weighted by Gasteiger charge is -2.33. The van der Waals surface area contributed by atoms with Crippen LogP contribution in [0.15, 0.2) is 42.5 Å². The second-order valence-electron chi connectivity index (χ2n) is 6.70. The predicted molar refractivity (Wildman–Crippen MR) is 107 cm³/mol. The molecule has 0 bridgehead atoms. The Hall–Kier alpha value is -2.08. The van der Waals surface area contributed by atoms with Crippen molar-refractivity contribution in [3.8, 4) is 11.5 Å². The molecule has 6 heteroatoms. The Balaban J connectivity index is 0.00000261. The number of morpholine rings is 1. The molecule has 1 atom stereocenters. The fraction of sp³-hybridized carbons (Fsp3) is 0.381. The molecule has 0 amide bonds. The lowest BCUT2D eigenvalue weighted by Crippen LogP contribution is -2.39. The smallest absolute Gasteiger partial charge is 0.304 e. The molecule has 1 aliphatic heterocycles. The van der Waals surface area contributed by atoms with Gasteiger partial charge in [0.05, 0.1) is 19.1 Å². The molecule has 1 heterocycles. The summed E-state index contributed by atoms with van der Waals surface area (Å²) < 4.78 is 12.0. The molecule has 5 nitrogen and oxygen atoms in total. The third kappa shape index (κ3) is 5.70. The van der Waals surface area contributed by atoms with Crippen molar-refractivity contribution < 1.29 is 19.4 Å². The maximum Gasteiger partial charge on any atom is 0.304 e. The number of hydrogen-bond acceptors (Lipinski definition) is 4. The van der Waals surface area contributed by atoms with Crippen LogP contribution < -0.4 is 4.74 Å². The molecule has 0 radical (unpaired) electrons. The molecule has 1 fully saturated rings. The Kier molecular flexibility index (Phi) is 7.66. The van der Waals surface area contributed by atoms with Gasteiger partial charge in [0.25, 0.3) is 0 Å². The normalized spacial score (nSPS) is 17.2. The first-order valence-electron chi connectivity index (χ1n) is 8.92. The van der Waals surface area contributed by atoms with Crippen LogP contribution in [-0.2, 0) is 9.53 Å². The molecule has 0 aromatic heterocycles. The van der Waals surface area contributed by atoms with Crippen LogP contribution in [0.5, 0.6) is 11.5 Å². The zero-order valence-electron chi connectivity index (χ0n) is 15.7. The van der Waals surface area contributed by atoms with E-state index in [1.165, 1.54) is 0 Å². The molecule has 1 aliphatic rings. The third-order valence-corrected chi connectivity index (χ3v) is 4.65. The van der Waals surface area contributed by atoms with Gasteiger partial charge >= 0.3 is 5.97 Å². The first kappa shape index (κ1) is 21.2. The van der Waals surface area contributed by atoms with Gasteiger partial charge in [-0.1, -0.05) is 30.3 Å². The summed E-state index contributed by atoms with van der Waals surface area (Å²) in [6.07, 6.45) is 0.0849. The van der Waals surface area contributed by atoms with Gasteiger partial charge in [-0.05, 0) is 42.7 Å². The number of aryl methyl sites for hydroxylation is 2. The van der Waals surface area contributed by atoms with E-state index >= 15 is 0 Å². The van der Waals surface area contributed by atoms with Crippen molar-refractivity contribution in [1.29, 1.82) is 0 Å². The summed E-state index contributed by atoms with van der Waals surface area (Å²) in [6, 6.07) is 14.1. The fourth-order valence-electron chi connectivity index (χ4n) is 3.22. The van der Waals surface area contributed by atoms with E-state index in [4.69, 9.17) is 14.6 Å². The van der Waals surface area contributed by atoms with Gasteiger partial charge in [0, 0.05) is 19.6 Å². The Morgan fingerprint density at radius 1 is 1.22 bits per heavy atom. The lowest BCUT2D eigenvalue weighted by atomic mass is 10.1. The first-order chi connectivity index (χ1) is 12.5. The van der Waals surface area contributed by atoms with E-state index in [9.17, 15) is 4.79 Å². The van der Waals surface area contributed by atoms with Crippen molar-refractivity contribution in [2.75, 3.05) is 26.2 Å². The standard InChI is InChI=1S/C21H25NO4.ClH/c1-15-5-3-6-16(2)21(15)26-18-8-4-7-17(13-18)19-14-22(11-12-25-19)10-9-20(23)24;/h3-8,13,19H,9-12,14H2,1-2H3,(H,23,24);1H. The fourth-order valence-corrected chi connectivity index (χ4v) is 3.22. The lowest BCUT2D eigenvalue weighted by molar-refractivity contribution is -0.137. The summed E-state index contributed by atoms with van der Waals surface area (Å²) in [5.74, 6) is 0.903. The molecule has 0 saturated carbocycles. The number of hydrogen-bond donors (Lipinski definition) is 1. The van der Waals surface area contributed by atoms with E-state index in [1.54, 1.807) is 0 Å². The topological polar surface area (TPSA) is 59.0 Å². The van der Waals surface area contributed by atoms with E-state index in [0.717, 1.165) is 34.7 Å². The molecule has 0 aliphatic carbocycles. The predicted octanol–water partition coefficient (Wildman–Crippen LogP) is 4.37. The SMILES string of the molecule is Cc1cccc(C)c1Oc1cccc(C2CN(CCC(=O)O)CCO2)c1.Cl. The van der Waals surface area contributed by atoms with Crippen LogP contribution in [0, 0.1) is 13.8 Å². The zero-order chi connectivity index (χ0) is 18.5. The number of aliphatic carboxylic acids is 1. The zero-order valence-corrected chi connectivity index (χ0v) is 16.5. The number of nitrogens with zero attached hydrogens (tertiary/aromatic N) is 1. The first-order valence-corrected chi connectivity index (χ1v) is 8.92. The van der Waals surface area contributed by atoms with Gasteiger partial charge in [-0.3, -0.25) is 9.69 Å². The van der Waals surface area contributed by atoms with Gasteiger partial charge in [0.2, 0.25) is 0 Å². The Morgan fingerprint density at radius 2 is 1.93 bits per heavy atom. The summed E-state index contributed by atoms with van der Waals surface area (Å²) in [5, 5.41) is 8.87. The highest BCUT2D eigenvalue weighted by atomic mass is 35.5. The average molecular weight is 392 g/mol. The number of carbonyl (C=O) groups is 1. The van der Waals surface area contributed by atoms with Crippen LogP contribution in [0.3, 0.4) is 0 Å². The van der Waals surface area contributed by atoms with Gasteiger partial charge in [-0.15, -0.1) is 12.4 Å². The van der Waals surface area contributed by atoms with Crippen molar-refractivity contribution in [3.05, 3.63) is 59.2 Å². The highest BCUT2D eigenvalue weighted by Gasteiger charge is 2.22. The van der Waals surface area contributed by atoms with Gasteiger partial charge in [0.15, 0.2) is 0 Å². The molecule has 1 saturated heterocycles. The van der Waals surface area contributed by atoms with Crippen LogP contribution >= 0.6 is 12.4 Å². The van der Waals surface area contributed by atoms with Crippen LogP contribution in [-0.4, -0.2) is 42.2 Å². The minimum atomic E-state index is -0.767. The Morgan fingerprint density at radius 3 is 2.63 bits per heavy atom. The number of carboxylic acid groups (broad SMARTS) is 1. The van der Waals surface area contributed by atoms with E-state index in [1.807, 2.05) is 56.3 Å². The maximum atomic E-state index is 10.8. The monoisotopic (exact) mass is 391 g/mol. The molecule has 3 rings (SSSR count). The maximum absolute atomic E-state index is 10.8. The second-order valence-corrected chi connectivity index (χ2v) is 6.70. The molecular formula is C21H26ClNO4. The van der Waals surface area contributed by atoms with Crippen molar-refractivity contribution in [1.82, 2.24) is 4.90 Å². The summed E-state index contributed by atoms with van der Waals surface area (Å²) in [7, 11) is 0. The van der Waals surface area contributed by atoms with Crippen molar-refractivity contribution >= 4 is 18.4 Å². The summed E-state index contributed by atoms with van der Waals surface area (Å²) in [4.78, 5) is 12.9. The minimum absolute atomic E-state index is 0.